The number of aromatic nitrogens is 1. The van der Waals surface area contributed by atoms with Crippen LogP contribution in [0.2, 0.25) is 0 Å². The Hall–Kier alpha value is -2.64. The molecule has 0 spiro atoms. The summed E-state index contributed by atoms with van der Waals surface area (Å²) in [7, 11) is 1.55. The van der Waals surface area contributed by atoms with Gasteiger partial charge in [0.25, 0.3) is 11.5 Å². The lowest BCUT2D eigenvalue weighted by Crippen LogP contribution is -2.43. The van der Waals surface area contributed by atoms with Crippen LogP contribution in [-0.2, 0) is 4.74 Å². The summed E-state index contributed by atoms with van der Waals surface area (Å²) in [5, 5.41) is 9.98. The topological polar surface area (TPSA) is 81.0 Å². The molecule has 2 aliphatic rings. The number of aliphatic hydroxyl groups excluding tert-OH is 1. The molecule has 3 heterocycles. The highest BCUT2D eigenvalue weighted by molar-refractivity contribution is 5.95. The van der Waals surface area contributed by atoms with Gasteiger partial charge >= 0.3 is 0 Å². The molecular weight excluding hydrogens is 372 g/mol. The van der Waals surface area contributed by atoms with Crippen LogP contribution >= 0.6 is 0 Å². The van der Waals surface area contributed by atoms with E-state index in [2.05, 4.69) is 0 Å². The number of nitrogens with zero attached hydrogens (tertiary/aromatic N) is 2. The molecule has 4 rings (SSSR count). The highest BCUT2D eigenvalue weighted by Gasteiger charge is 2.49. The lowest BCUT2D eigenvalue weighted by Gasteiger charge is -2.36. The van der Waals surface area contributed by atoms with Gasteiger partial charge in [-0.1, -0.05) is 12.1 Å². The standard InChI is InChI=1S/C22H26N2O5/c1-15-7-9-24(17-5-3-4-6-18(17)28-2)21(27)19(15)20(26)23-11-16-8-10-29-14-22(16,12-23)13-25/h3-7,9,16,25H,8,10-14H2,1-2H3/t16-,22+/m0/s1. The van der Waals surface area contributed by atoms with Crippen molar-refractivity contribution in [2.75, 3.05) is 40.0 Å². The number of para-hydroxylation sites is 2. The number of rotatable bonds is 4. The number of likely N-dealkylation sites (tertiary alicyclic amines) is 1. The maximum absolute atomic E-state index is 13.4. The second kappa shape index (κ2) is 7.65. The number of amides is 1. The van der Waals surface area contributed by atoms with Gasteiger partial charge < -0.3 is 19.5 Å². The number of carbonyl (C=O) groups is 1. The molecule has 1 aromatic carbocycles. The predicted octanol–water partition coefficient (Wildman–Crippen LogP) is 1.63. The van der Waals surface area contributed by atoms with Crippen molar-refractivity contribution >= 4 is 5.91 Å². The Morgan fingerprint density at radius 1 is 1.34 bits per heavy atom. The first-order valence-corrected chi connectivity index (χ1v) is 9.84. The minimum atomic E-state index is -0.432. The third-order valence-electron chi connectivity index (χ3n) is 6.27. The molecule has 1 N–H and O–H groups in total. The highest BCUT2D eigenvalue weighted by atomic mass is 16.5. The van der Waals surface area contributed by atoms with Crippen LogP contribution < -0.4 is 10.3 Å². The fraction of sp³-hybridized carbons (Fsp3) is 0.455. The van der Waals surface area contributed by atoms with E-state index in [-0.39, 0.29) is 29.6 Å². The summed E-state index contributed by atoms with van der Waals surface area (Å²) in [4.78, 5) is 28.4. The SMILES string of the molecule is COc1ccccc1-n1ccc(C)c(C(=O)N2C[C@@H]3CCOC[C@]3(CO)C2)c1=O. The third-order valence-corrected chi connectivity index (χ3v) is 6.27. The Bertz CT molecular complexity index is 985. The average molecular weight is 398 g/mol. The van der Waals surface area contributed by atoms with Crippen LogP contribution in [0.4, 0.5) is 0 Å². The largest absolute Gasteiger partial charge is 0.495 e. The third kappa shape index (κ3) is 3.24. The molecular formula is C22H26N2O5. The smallest absolute Gasteiger partial charge is 0.268 e. The summed E-state index contributed by atoms with van der Waals surface area (Å²) >= 11 is 0. The first-order valence-electron chi connectivity index (χ1n) is 9.84. The van der Waals surface area contributed by atoms with Crippen LogP contribution in [-0.4, -0.2) is 60.5 Å². The van der Waals surface area contributed by atoms with Gasteiger partial charge in [-0.05, 0) is 43.0 Å². The lowest BCUT2D eigenvalue weighted by molar-refractivity contribution is -0.0557. The molecule has 29 heavy (non-hydrogen) atoms. The predicted molar refractivity (Wildman–Crippen MR) is 108 cm³/mol. The molecule has 0 saturated carbocycles. The molecule has 1 amide bonds. The van der Waals surface area contributed by atoms with Crippen molar-refractivity contribution in [2.45, 2.75) is 13.3 Å². The number of hydrogen-bond acceptors (Lipinski definition) is 5. The Morgan fingerprint density at radius 3 is 2.86 bits per heavy atom. The second-order valence-corrected chi connectivity index (χ2v) is 7.97. The van der Waals surface area contributed by atoms with Crippen LogP contribution in [0.3, 0.4) is 0 Å². The van der Waals surface area contributed by atoms with E-state index < -0.39 is 5.41 Å². The number of pyridine rings is 1. The van der Waals surface area contributed by atoms with Gasteiger partial charge in [0.1, 0.15) is 11.3 Å². The number of carbonyl (C=O) groups excluding carboxylic acids is 1. The number of hydrogen-bond donors (Lipinski definition) is 1. The van der Waals surface area contributed by atoms with Crippen molar-refractivity contribution in [1.29, 1.82) is 0 Å². The van der Waals surface area contributed by atoms with Crippen LogP contribution in [0.5, 0.6) is 5.75 Å². The first-order chi connectivity index (χ1) is 14.0. The molecule has 0 bridgehead atoms. The molecule has 0 aliphatic carbocycles. The quantitative estimate of drug-likeness (QED) is 0.847. The Labute approximate surface area is 169 Å². The molecule has 2 aliphatic heterocycles. The van der Waals surface area contributed by atoms with E-state index in [1.54, 1.807) is 43.3 Å². The van der Waals surface area contributed by atoms with E-state index in [0.29, 0.717) is 43.3 Å². The van der Waals surface area contributed by atoms with Crippen LogP contribution in [0.15, 0.2) is 41.3 Å². The Kier molecular flexibility index (Phi) is 5.19. The molecule has 2 fully saturated rings. The molecule has 1 aromatic heterocycles. The van der Waals surface area contributed by atoms with E-state index in [4.69, 9.17) is 9.47 Å². The van der Waals surface area contributed by atoms with E-state index in [9.17, 15) is 14.7 Å². The molecule has 7 heteroatoms. The number of ether oxygens (including phenoxy) is 2. The number of methoxy groups -OCH3 is 1. The van der Waals surface area contributed by atoms with Crippen molar-refractivity contribution in [3.8, 4) is 11.4 Å². The fourth-order valence-corrected chi connectivity index (χ4v) is 4.54. The second-order valence-electron chi connectivity index (χ2n) is 7.97. The minimum absolute atomic E-state index is 0.0271. The fourth-order valence-electron chi connectivity index (χ4n) is 4.54. The Balaban J connectivity index is 1.72. The van der Waals surface area contributed by atoms with Gasteiger partial charge in [-0.3, -0.25) is 14.2 Å². The summed E-state index contributed by atoms with van der Waals surface area (Å²) in [5.74, 6) is 0.449. The summed E-state index contributed by atoms with van der Waals surface area (Å²) in [6, 6.07) is 8.98. The molecule has 0 unspecified atom stereocenters. The van der Waals surface area contributed by atoms with Gasteiger partial charge in [0.05, 0.1) is 26.0 Å². The van der Waals surface area contributed by atoms with Gasteiger partial charge in [-0.25, -0.2) is 0 Å². The lowest BCUT2D eigenvalue weighted by atomic mass is 9.76. The van der Waals surface area contributed by atoms with E-state index in [1.165, 1.54) is 4.57 Å². The van der Waals surface area contributed by atoms with Gasteiger partial charge in [-0.15, -0.1) is 0 Å². The number of aliphatic hydroxyl groups is 1. The van der Waals surface area contributed by atoms with Gasteiger partial charge in [0.15, 0.2) is 0 Å². The van der Waals surface area contributed by atoms with Crippen molar-refractivity contribution in [3.05, 3.63) is 58.0 Å². The van der Waals surface area contributed by atoms with Gasteiger partial charge in [0.2, 0.25) is 0 Å². The summed E-state index contributed by atoms with van der Waals surface area (Å²) in [5.41, 5.74) is 0.576. The zero-order chi connectivity index (χ0) is 20.6. The molecule has 2 atom stereocenters. The molecule has 2 saturated heterocycles. The Morgan fingerprint density at radius 2 is 2.14 bits per heavy atom. The number of fused-ring (bicyclic) bond motifs is 1. The zero-order valence-electron chi connectivity index (χ0n) is 16.8. The summed E-state index contributed by atoms with van der Waals surface area (Å²) < 4.78 is 12.4. The maximum Gasteiger partial charge on any atom is 0.268 e. The van der Waals surface area contributed by atoms with Crippen LogP contribution in [0.1, 0.15) is 22.3 Å². The summed E-state index contributed by atoms with van der Waals surface area (Å²) in [6.45, 7) is 3.76. The monoisotopic (exact) mass is 398 g/mol. The maximum atomic E-state index is 13.4. The zero-order valence-corrected chi connectivity index (χ0v) is 16.8. The normalized spacial score (nSPS) is 23.7. The molecule has 2 aromatic rings. The van der Waals surface area contributed by atoms with Crippen molar-refractivity contribution in [3.63, 3.8) is 0 Å². The van der Waals surface area contributed by atoms with Gasteiger partial charge in [-0.2, -0.15) is 0 Å². The number of aryl methyl sites for hydroxylation is 1. The van der Waals surface area contributed by atoms with Crippen LogP contribution in [0.25, 0.3) is 5.69 Å². The van der Waals surface area contributed by atoms with E-state index >= 15 is 0 Å². The average Bonchev–Trinajstić information content (AvgIpc) is 3.14. The summed E-state index contributed by atoms with van der Waals surface area (Å²) in [6.07, 6.45) is 2.47. The van der Waals surface area contributed by atoms with E-state index in [1.807, 2.05) is 12.1 Å². The van der Waals surface area contributed by atoms with Crippen molar-refractivity contribution in [2.24, 2.45) is 11.3 Å². The molecule has 0 radical (unpaired) electrons. The van der Waals surface area contributed by atoms with Crippen LogP contribution in [0, 0.1) is 18.3 Å². The number of benzene rings is 1. The molecule has 154 valence electrons. The molecule has 7 nitrogen and oxygen atoms in total. The van der Waals surface area contributed by atoms with Gasteiger partial charge in [0, 0.05) is 31.3 Å². The highest BCUT2D eigenvalue weighted by Crippen LogP contribution is 2.41. The van der Waals surface area contributed by atoms with Crippen molar-refractivity contribution in [1.82, 2.24) is 9.47 Å². The minimum Gasteiger partial charge on any atom is -0.495 e. The first kappa shape index (κ1) is 19.7. The van der Waals surface area contributed by atoms with Crippen molar-refractivity contribution < 1.29 is 19.4 Å². The van der Waals surface area contributed by atoms with E-state index in [0.717, 1.165) is 6.42 Å².